The van der Waals surface area contributed by atoms with E-state index in [0.29, 0.717) is 24.6 Å². The second-order valence-corrected chi connectivity index (χ2v) is 12.6. The van der Waals surface area contributed by atoms with Crippen LogP contribution in [0.5, 0.6) is 0 Å². The van der Waals surface area contributed by atoms with Gasteiger partial charge >= 0.3 is 0 Å². The Kier molecular flexibility index (Phi) is 4.81. The topological polar surface area (TPSA) is 32.8 Å². The third kappa shape index (κ3) is 2.90. The molecule has 3 heterocycles. The molecule has 32 heavy (non-hydrogen) atoms. The molecule has 0 aromatic carbocycles. The van der Waals surface area contributed by atoms with Gasteiger partial charge in [-0.05, 0) is 99.9 Å². The first-order chi connectivity index (χ1) is 15.2. The van der Waals surface area contributed by atoms with Gasteiger partial charge in [-0.1, -0.05) is 25.0 Å². The van der Waals surface area contributed by atoms with E-state index in [1.807, 2.05) is 11.9 Å². The zero-order chi connectivity index (χ0) is 22.4. The normalized spacial score (nSPS) is 48.8. The summed E-state index contributed by atoms with van der Waals surface area (Å²) in [4.78, 5) is 17.0. The molecule has 0 aromatic heterocycles. The van der Waals surface area contributed by atoms with Crippen molar-refractivity contribution >= 4 is 5.91 Å². The molecule has 8 atom stereocenters. The van der Waals surface area contributed by atoms with Crippen LogP contribution < -0.4 is 0 Å². The molecule has 3 aliphatic heterocycles. The number of carbonyl (C=O) groups is 1. The summed E-state index contributed by atoms with van der Waals surface area (Å²) >= 11 is 0. The minimum atomic E-state index is 0.0306. The van der Waals surface area contributed by atoms with Crippen LogP contribution in [0.1, 0.15) is 85.5 Å². The molecule has 1 amide bonds. The van der Waals surface area contributed by atoms with Gasteiger partial charge in [0.05, 0.1) is 5.60 Å². The molecular formula is C28H42N2O2. The van der Waals surface area contributed by atoms with Gasteiger partial charge in [0.1, 0.15) is 6.23 Å². The Hall–Kier alpha value is -1.13. The maximum atomic E-state index is 12.5. The lowest BCUT2D eigenvalue weighted by Gasteiger charge is -2.46. The summed E-state index contributed by atoms with van der Waals surface area (Å²) < 4.78 is 6.93. The Morgan fingerprint density at radius 1 is 1.16 bits per heavy atom. The molecule has 0 aromatic rings. The van der Waals surface area contributed by atoms with Crippen molar-refractivity contribution in [1.29, 1.82) is 0 Å². The molecule has 2 saturated carbocycles. The van der Waals surface area contributed by atoms with Gasteiger partial charge in [0.25, 0.3) is 0 Å². The predicted molar refractivity (Wildman–Crippen MR) is 127 cm³/mol. The minimum Gasteiger partial charge on any atom is -0.355 e. The number of allylic oxidation sites excluding steroid dienone is 2. The van der Waals surface area contributed by atoms with E-state index in [1.54, 1.807) is 16.7 Å². The summed E-state index contributed by atoms with van der Waals surface area (Å²) in [7, 11) is 1.95. The average molecular weight is 439 g/mol. The van der Waals surface area contributed by atoms with Gasteiger partial charge in [-0.2, -0.15) is 0 Å². The van der Waals surface area contributed by atoms with Crippen molar-refractivity contribution in [3.8, 4) is 0 Å². The molecular weight excluding hydrogens is 396 g/mol. The van der Waals surface area contributed by atoms with Crippen LogP contribution in [0.3, 0.4) is 0 Å². The highest BCUT2D eigenvalue weighted by atomic mass is 16.5. The molecule has 0 N–H and O–H groups in total. The monoisotopic (exact) mass is 438 g/mol. The number of carbonyl (C=O) groups excluding carboxylic acids is 1. The summed E-state index contributed by atoms with van der Waals surface area (Å²) in [6.45, 7) is 10.9. The van der Waals surface area contributed by atoms with E-state index in [-0.39, 0.29) is 16.9 Å². The zero-order valence-corrected chi connectivity index (χ0v) is 20.8. The van der Waals surface area contributed by atoms with Crippen molar-refractivity contribution in [2.45, 2.75) is 103 Å². The van der Waals surface area contributed by atoms with Crippen LogP contribution in [-0.4, -0.2) is 47.2 Å². The molecule has 2 saturated heterocycles. The fourth-order valence-corrected chi connectivity index (χ4v) is 9.04. The second kappa shape index (κ2) is 7.18. The number of nitrogens with zero attached hydrogens (tertiary/aromatic N) is 2. The summed E-state index contributed by atoms with van der Waals surface area (Å²) in [5, 5.41) is 0. The van der Waals surface area contributed by atoms with Crippen molar-refractivity contribution in [2.24, 2.45) is 29.1 Å². The van der Waals surface area contributed by atoms with Crippen LogP contribution in [0.4, 0.5) is 0 Å². The van der Waals surface area contributed by atoms with Gasteiger partial charge in [0.15, 0.2) is 0 Å². The molecule has 3 aliphatic carbocycles. The molecule has 1 spiro atoms. The van der Waals surface area contributed by atoms with Gasteiger partial charge in [-0.25, -0.2) is 0 Å². The molecule has 4 nitrogen and oxygen atoms in total. The fourth-order valence-electron chi connectivity index (χ4n) is 9.04. The lowest BCUT2D eigenvalue weighted by atomic mass is 9.58. The number of fused-ring (bicyclic) bond motifs is 6. The van der Waals surface area contributed by atoms with Crippen LogP contribution >= 0.6 is 0 Å². The quantitative estimate of drug-likeness (QED) is 0.468. The molecule has 7 unspecified atom stereocenters. The van der Waals surface area contributed by atoms with Crippen LogP contribution in [0, 0.1) is 29.1 Å². The maximum absolute atomic E-state index is 12.5. The lowest BCUT2D eigenvalue weighted by molar-refractivity contribution is -0.127. The third-order valence-corrected chi connectivity index (χ3v) is 10.9. The van der Waals surface area contributed by atoms with E-state index in [1.165, 1.54) is 45.1 Å². The Morgan fingerprint density at radius 2 is 1.97 bits per heavy atom. The molecule has 0 bridgehead atoms. The molecule has 6 aliphatic rings. The lowest BCUT2D eigenvalue weighted by Crippen LogP contribution is -2.44. The fraction of sp³-hybridized carbons (Fsp3) is 0.821. The van der Waals surface area contributed by atoms with E-state index in [4.69, 9.17) is 4.74 Å². The van der Waals surface area contributed by atoms with E-state index in [2.05, 4.69) is 38.8 Å². The van der Waals surface area contributed by atoms with Crippen LogP contribution in [0.15, 0.2) is 22.9 Å². The van der Waals surface area contributed by atoms with Crippen molar-refractivity contribution in [3.63, 3.8) is 0 Å². The van der Waals surface area contributed by atoms with Gasteiger partial charge < -0.3 is 9.64 Å². The molecule has 6 rings (SSSR count). The first-order valence-corrected chi connectivity index (χ1v) is 13.3. The summed E-state index contributed by atoms with van der Waals surface area (Å²) in [6, 6.07) is 0.532. The summed E-state index contributed by atoms with van der Waals surface area (Å²) in [5.74, 6) is 3.28. The average Bonchev–Trinajstić information content (AvgIpc) is 3.32. The van der Waals surface area contributed by atoms with E-state index in [9.17, 15) is 4.79 Å². The van der Waals surface area contributed by atoms with Crippen LogP contribution in [0.25, 0.3) is 0 Å². The minimum absolute atomic E-state index is 0.0306. The van der Waals surface area contributed by atoms with E-state index < -0.39 is 0 Å². The first-order valence-electron chi connectivity index (χ1n) is 13.3. The zero-order valence-electron chi connectivity index (χ0n) is 20.8. The maximum Gasteiger partial charge on any atom is 0.226 e. The van der Waals surface area contributed by atoms with Crippen molar-refractivity contribution in [2.75, 3.05) is 13.6 Å². The molecule has 4 fully saturated rings. The van der Waals surface area contributed by atoms with E-state index >= 15 is 0 Å². The highest BCUT2D eigenvalue weighted by Gasteiger charge is 2.58. The van der Waals surface area contributed by atoms with Crippen LogP contribution in [-0.2, 0) is 9.53 Å². The number of rotatable bonds is 0. The highest BCUT2D eigenvalue weighted by Crippen LogP contribution is 2.63. The van der Waals surface area contributed by atoms with Gasteiger partial charge in [0.2, 0.25) is 5.91 Å². The third-order valence-electron chi connectivity index (χ3n) is 10.9. The van der Waals surface area contributed by atoms with E-state index in [0.717, 1.165) is 30.6 Å². The largest absolute Gasteiger partial charge is 0.355 e. The predicted octanol–water partition coefficient (Wildman–Crippen LogP) is 5.50. The van der Waals surface area contributed by atoms with Crippen molar-refractivity contribution < 1.29 is 9.53 Å². The highest BCUT2D eigenvalue weighted by molar-refractivity contribution is 5.77. The van der Waals surface area contributed by atoms with Gasteiger partial charge in [-0.15, -0.1) is 0 Å². The number of amides is 1. The second-order valence-electron chi connectivity index (χ2n) is 12.6. The Morgan fingerprint density at radius 3 is 2.75 bits per heavy atom. The molecule has 4 heteroatoms. The molecule has 0 radical (unpaired) electrons. The molecule has 176 valence electrons. The number of ether oxygens (including phenoxy) is 1. The standard InChI is InChI=1S/C28H42N2O2/c1-17-12-26-30(15-17)19(3)28(32-26)11-8-21-22-7-6-20-16-29(5)25(31)9-10-27(20,4)24(22)13-23(21)18(2)14-28/h16-17,19,21-22,24,26H,6-15H2,1-5H3/t17?,19-,21?,22?,24?,26?,27?,28?/m0/s1. The Bertz CT molecular complexity index is 892. The van der Waals surface area contributed by atoms with Crippen molar-refractivity contribution in [3.05, 3.63) is 22.9 Å². The Balaban J connectivity index is 1.30. The van der Waals surface area contributed by atoms with Gasteiger partial charge in [-0.3, -0.25) is 9.69 Å². The summed E-state index contributed by atoms with van der Waals surface area (Å²) in [6.07, 6.45) is 12.8. The number of hydrogen-bond donors (Lipinski definition) is 0. The Labute approximate surface area is 194 Å². The first kappa shape index (κ1) is 21.4. The number of hydrogen-bond acceptors (Lipinski definition) is 3. The smallest absolute Gasteiger partial charge is 0.226 e. The van der Waals surface area contributed by atoms with Crippen LogP contribution in [0.2, 0.25) is 0 Å². The van der Waals surface area contributed by atoms with Gasteiger partial charge in [0, 0.05) is 32.3 Å². The SMILES string of the molecule is CC1=C2CC3C(CCC4=CN(C)C(=O)CCC43C)C2CCC2(C1)OC1CC(C)CN1[C@H]2C. The van der Waals surface area contributed by atoms with Crippen molar-refractivity contribution in [1.82, 2.24) is 9.80 Å². The summed E-state index contributed by atoms with van der Waals surface area (Å²) in [5.41, 5.74) is 5.18.